The number of likely N-dealkylation sites (tertiary alicyclic amines) is 1. The molecule has 1 aliphatic rings. The largest absolute Gasteiger partial charge is 0.479 e. The van der Waals surface area contributed by atoms with Gasteiger partial charge in [0.1, 0.15) is 5.54 Å². The Morgan fingerprint density at radius 2 is 1.96 bits per heavy atom. The molecule has 128 valence electrons. The van der Waals surface area contributed by atoms with E-state index >= 15 is 0 Å². The highest BCUT2D eigenvalue weighted by Gasteiger charge is 2.44. The molecule has 0 radical (unpaired) electrons. The van der Waals surface area contributed by atoms with Gasteiger partial charge in [-0.25, -0.2) is 14.8 Å². The normalized spacial score (nSPS) is 16.9. The number of carbonyl (C=O) groups excluding carboxylic acids is 1. The number of amides is 1. The molecule has 0 aliphatic carbocycles. The third-order valence-corrected chi connectivity index (χ3v) is 4.87. The van der Waals surface area contributed by atoms with E-state index < -0.39 is 11.5 Å². The van der Waals surface area contributed by atoms with Gasteiger partial charge in [0.2, 0.25) is 0 Å². The van der Waals surface area contributed by atoms with Crippen molar-refractivity contribution in [2.45, 2.75) is 18.4 Å². The third kappa shape index (κ3) is 2.46. The number of nitrogens with one attached hydrogen (secondary N) is 1. The van der Waals surface area contributed by atoms with Crippen molar-refractivity contribution in [2.75, 3.05) is 13.1 Å². The summed E-state index contributed by atoms with van der Waals surface area (Å²) in [7, 11) is 0. The lowest BCUT2D eigenvalue weighted by atomic mass is 9.87. The molecular formula is C17H17N5O3. The fraction of sp³-hybridized carbons (Fsp3) is 0.294. The van der Waals surface area contributed by atoms with E-state index in [2.05, 4.69) is 15.0 Å². The summed E-state index contributed by atoms with van der Waals surface area (Å²) in [6, 6.07) is 7.45. The van der Waals surface area contributed by atoms with Crippen LogP contribution in [0.4, 0.5) is 0 Å². The van der Waals surface area contributed by atoms with Gasteiger partial charge in [-0.15, -0.1) is 0 Å². The molecule has 4 rings (SSSR count). The molecule has 0 spiro atoms. The number of piperidine rings is 1. The molecule has 25 heavy (non-hydrogen) atoms. The minimum absolute atomic E-state index is 0.208. The molecule has 0 unspecified atom stereocenters. The highest BCUT2D eigenvalue weighted by atomic mass is 16.4. The lowest BCUT2D eigenvalue weighted by Gasteiger charge is -2.39. The van der Waals surface area contributed by atoms with Gasteiger partial charge >= 0.3 is 5.97 Å². The molecule has 3 aromatic rings. The second-order valence-corrected chi connectivity index (χ2v) is 6.20. The van der Waals surface area contributed by atoms with Gasteiger partial charge in [0.25, 0.3) is 5.91 Å². The van der Waals surface area contributed by atoms with Gasteiger partial charge in [-0.2, -0.15) is 0 Å². The number of aromatic amines is 1. The molecule has 1 fully saturated rings. The van der Waals surface area contributed by atoms with Gasteiger partial charge in [0.05, 0.1) is 17.4 Å². The van der Waals surface area contributed by atoms with Crippen molar-refractivity contribution in [1.29, 1.82) is 0 Å². The van der Waals surface area contributed by atoms with Crippen molar-refractivity contribution in [1.82, 2.24) is 24.4 Å². The number of carboxylic acid groups (broad SMARTS) is 1. The van der Waals surface area contributed by atoms with Crippen LogP contribution in [0.3, 0.4) is 0 Å². The van der Waals surface area contributed by atoms with E-state index in [-0.39, 0.29) is 11.7 Å². The third-order valence-electron chi connectivity index (χ3n) is 4.87. The lowest BCUT2D eigenvalue weighted by molar-refractivity contribution is -0.150. The molecule has 2 N–H and O–H groups in total. The molecule has 0 atom stereocenters. The first-order valence-electron chi connectivity index (χ1n) is 8.06. The summed E-state index contributed by atoms with van der Waals surface area (Å²) in [6.45, 7) is 0.695. The molecule has 1 saturated heterocycles. The van der Waals surface area contributed by atoms with Crippen LogP contribution in [0.15, 0.2) is 43.0 Å². The monoisotopic (exact) mass is 339 g/mol. The Balaban J connectivity index is 1.54. The predicted octanol–water partition coefficient (Wildman–Crippen LogP) is 1.48. The highest BCUT2D eigenvalue weighted by Crippen LogP contribution is 2.31. The summed E-state index contributed by atoms with van der Waals surface area (Å²) < 4.78 is 1.62. The Labute approximate surface area is 143 Å². The molecule has 3 heterocycles. The smallest absolute Gasteiger partial charge is 0.330 e. The van der Waals surface area contributed by atoms with Gasteiger partial charge < -0.3 is 19.6 Å². The van der Waals surface area contributed by atoms with E-state index in [9.17, 15) is 14.7 Å². The molecule has 1 amide bonds. The number of aliphatic carboxylic acids is 1. The van der Waals surface area contributed by atoms with E-state index in [0.717, 1.165) is 11.0 Å². The maximum Gasteiger partial charge on any atom is 0.330 e. The zero-order chi connectivity index (χ0) is 17.4. The molecular weight excluding hydrogens is 322 g/mol. The summed E-state index contributed by atoms with van der Waals surface area (Å²) in [5.74, 6) is -0.825. The molecule has 1 aromatic carbocycles. The maximum absolute atomic E-state index is 12.7. The Kier molecular flexibility index (Phi) is 3.52. The number of para-hydroxylation sites is 2. The van der Waals surface area contributed by atoms with E-state index in [1.807, 2.05) is 24.3 Å². The van der Waals surface area contributed by atoms with Crippen molar-refractivity contribution in [3.05, 3.63) is 48.8 Å². The van der Waals surface area contributed by atoms with E-state index in [1.54, 1.807) is 21.9 Å². The maximum atomic E-state index is 12.7. The van der Waals surface area contributed by atoms with Crippen LogP contribution in [0.25, 0.3) is 11.0 Å². The average Bonchev–Trinajstić information content (AvgIpc) is 3.30. The van der Waals surface area contributed by atoms with E-state index in [1.165, 1.54) is 6.33 Å². The van der Waals surface area contributed by atoms with Gasteiger partial charge in [-0.05, 0) is 25.0 Å². The lowest BCUT2D eigenvalue weighted by Crippen LogP contribution is -2.52. The average molecular weight is 339 g/mol. The molecule has 8 nitrogen and oxygen atoms in total. The second kappa shape index (κ2) is 5.73. The second-order valence-electron chi connectivity index (χ2n) is 6.20. The van der Waals surface area contributed by atoms with Gasteiger partial charge in [-0.3, -0.25) is 4.79 Å². The van der Waals surface area contributed by atoms with Crippen LogP contribution >= 0.6 is 0 Å². The zero-order valence-corrected chi connectivity index (χ0v) is 13.4. The predicted molar refractivity (Wildman–Crippen MR) is 89.1 cm³/mol. The van der Waals surface area contributed by atoms with E-state index in [4.69, 9.17) is 0 Å². The molecule has 1 aliphatic heterocycles. The first-order valence-corrected chi connectivity index (χ1v) is 8.06. The van der Waals surface area contributed by atoms with Crippen molar-refractivity contribution in [2.24, 2.45) is 0 Å². The van der Waals surface area contributed by atoms with Crippen LogP contribution in [0.2, 0.25) is 0 Å². The summed E-state index contributed by atoms with van der Waals surface area (Å²) >= 11 is 0. The molecule has 8 heteroatoms. The van der Waals surface area contributed by atoms with Gasteiger partial charge in [0, 0.05) is 25.5 Å². The standard InChI is InChI=1S/C17H17N5O3/c23-15(14-19-12-3-1-2-4-13(12)20-14)21-8-5-17(6-9-21,16(24)25)22-10-7-18-11-22/h1-4,7,10-11H,5-6,8-9H2,(H,19,20)(H,24,25). The summed E-state index contributed by atoms with van der Waals surface area (Å²) in [5.41, 5.74) is 0.489. The number of carboxylic acids is 1. The SMILES string of the molecule is O=C(c1nc2ccccc2[nH]1)N1CCC(C(=O)O)(n2ccnc2)CC1. The van der Waals surface area contributed by atoms with Crippen LogP contribution in [0.5, 0.6) is 0 Å². The number of benzene rings is 1. The fourth-order valence-electron chi connectivity index (χ4n) is 3.38. The number of nitrogens with zero attached hydrogens (tertiary/aromatic N) is 4. The van der Waals surface area contributed by atoms with Crippen molar-refractivity contribution >= 4 is 22.9 Å². The Bertz CT molecular complexity index is 890. The quantitative estimate of drug-likeness (QED) is 0.752. The van der Waals surface area contributed by atoms with Crippen LogP contribution in [-0.4, -0.2) is 54.5 Å². The number of rotatable bonds is 3. The van der Waals surface area contributed by atoms with Crippen molar-refractivity contribution in [3.8, 4) is 0 Å². The summed E-state index contributed by atoms with van der Waals surface area (Å²) in [4.78, 5) is 37.5. The van der Waals surface area contributed by atoms with Gasteiger partial charge in [0.15, 0.2) is 5.82 Å². The number of carbonyl (C=O) groups is 2. The Hall–Kier alpha value is -3.16. The first-order chi connectivity index (χ1) is 12.1. The Morgan fingerprint density at radius 1 is 1.20 bits per heavy atom. The van der Waals surface area contributed by atoms with Crippen LogP contribution in [0, 0.1) is 0 Å². The number of aromatic nitrogens is 4. The zero-order valence-electron chi connectivity index (χ0n) is 13.4. The number of fused-ring (bicyclic) bond motifs is 1. The minimum atomic E-state index is -1.05. The topological polar surface area (TPSA) is 104 Å². The van der Waals surface area contributed by atoms with Crippen molar-refractivity contribution < 1.29 is 14.7 Å². The van der Waals surface area contributed by atoms with Gasteiger partial charge in [-0.1, -0.05) is 12.1 Å². The molecule has 0 bridgehead atoms. The molecule has 0 saturated carbocycles. The van der Waals surface area contributed by atoms with Crippen LogP contribution < -0.4 is 0 Å². The summed E-state index contributed by atoms with van der Waals surface area (Å²) in [6.07, 6.45) is 5.39. The summed E-state index contributed by atoms with van der Waals surface area (Å²) in [5, 5.41) is 9.73. The van der Waals surface area contributed by atoms with E-state index in [0.29, 0.717) is 25.9 Å². The number of hydrogen-bond acceptors (Lipinski definition) is 4. The number of hydrogen-bond donors (Lipinski definition) is 2. The first kappa shape index (κ1) is 15.4. The fourth-order valence-corrected chi connectivity index (χ4v) is 3.38. The minimum Gasteiger partial charge on any atom is -0.479 e. The number of H-pyrrole nitrogens is 1. The number of imidazole rings is 2. The Morgan fingerprint density at radius 3 is 2.60 bits per heavy atom. The van der Waals surface area contributed by atoms with Crippen LogP contribution in [0.1, 0.15) is 23.5 Å². The van der Waals surface area contributed by atoms with Crippen LogP contribution in [-0.2, 0) is 10.3 Å². The van der Waals surface area contributed by atoms with Crippen molar-refractivity contribution in [3.63, 3.8) is 0 Å². The highest BCUT2D eigenvalue weighted by molar-refractivity contribution is 5.94. The molecule has 2 aromatic heterocycles.